The van der Waals surface area contributed by atoms with Crippen molar-refractivity contribution in [1.82, 2.24) is 24.5 Å². The third kappa shape index (κ3) is 5.26. The summed E-state index contributed by atoms with van der Waals surface area (Å²) >= 11 is 0. The number of nitrogens with zero attached hydrogens (tertiary/aromatic N) is 4. The fraction of sp³-hybridized carbons (Fsp3) is 0.400. The fourth-order valence-corrected chi connectivity index (χ4v) is 2.87. The van der Waals surface area contributed by atoms with Crippen molar-refractivity contribution in [3.05, 3.63) is 58.7 Å². The molecule has 9 heteroatoms. The summed E-state index contributed by atoms with van der Waals surface area (Å²) in [5.74, 6) is -0.0145. The molecule has 0 saturated carbocycles. The number of hydrogen-bond donors (Lipinski definition) is 1. The van der Waals surface area contributed by atoms with Gasteiger partial charge < -0.3 is 10.1 Å². The van der Waals surface area contributed by atoms with Crippen molar-refractivity contribution < 1.29 is 13.9 Å². The molecule has 0 atom stereocenters. The second-order valence-corrected chi connectivity index (χ2v) is 6.89. The highest BCUT2D eigenvalue weighted by atomic mass is 19.1. The lowest BCUT2D eigenvalue weighted by molar-refractivity contribution is -0.121. The molecule has 3 aromatic rings. The Kier molecular flexibility index (Phi) is 6.71. The van der Waals surface area contributed by atoms with Gasteiger partial charge in [0.2, 0.25) is 11.6 Å². The standard InChI is InChI=1S/C20H24FN5O3/c1-14(2)29-12-4-9-22-18(27)8-7-17-23-24-19-20(28)25(10-11-26(17)19)16-6-3-5-15(21)13-16/h3,5-6,10-11,13-14H,4,7-9,12H2,1-2H3,(H,22,27). The minimum atomic E-state index is -0.432. The summed E-state index contributed by atoms with van der Waals surface area (Å²) in [5.41, 5.74) is 0.118. The molecule has 0 aliphatic rings. The highest BCUT2D eigenvalue weighted by molar-refractivity contribution is 5.76. The summed E-state index contributed by atoms with van der Waals surface area (Å²) in [6.45, 7) is 5.08. The summed E-state index contributed by atoms with van der Waals surface area (Å²) in [4.78, 5) is 24.7. The van der Waals surface area contributed by atoms with Gasteiger partial charge in [-0.05, 0) is 38.5 Å². The molecule has 1 aromatic carbocycles. The molecule has 0 radical (unpaired) electrons. The molecule has 29 heavy (non-hydrogen) atoms. The molecule has 2 aromatic heterocycles. The van der Waals surface area contributed by atoms with Crippen LogP contribution in [0.15, 0.2) is 41.5 Å². The van der Waals surface area contributed by atoms with Gasteiger partial charge in [0.1, 0.15) is 11.6 Å². The molecule has 1 amide bonds. The number of carbonyl (C=O) groups excluding carboxylic acids is 1. The van der Waals surface area contributed by atoms with Crippen LogP contribution in [0.25, 0.3) is 11.3 Å². The Morgan fingerprint density at radius 2 is 2.10 bits per heavy atom. The predicted molar refractivity (Wildman–Crippen MR) is 106 cm³/mol. The van der Waals surface area contributed by atoms with Gasteiger partial charge in [-0.15, -0.1) is 10.2 Å². The van der Waals surface area contributed by atoms with Crippen LogP contribution in [0.3, 0.4) is 0 Å². The quantitative estimate of drug-likeness (QED) is 0.553. The lowest BCUT2D eigenvalue weighted by atomic mass is 10.2. The highest BCUT2D eigenvalue weighted by Gasteiger charge is 2.13. The average molecular weight is 401 g/mol. The molecule has 3 rings (SSSR count). The van der Waals surface area contributed by atoms with E-state index in [1.54, 1.807) is 16.7 Å². The Labute approximate surface area is 167 Å². The number of fused-ring (bicyclic) bond motifs is 1. The molecular weight excluding hydrogens is 377 g/mol. The van der Waals surface area contributed by atoms with Crippen molar-refractivity contribution in [3.8, 4) is 5.69 Å². The first-order chi connectivity index (χ1) is 14.0. The minimum absolute atomic E-state index is 0.0978. The monoisotopic (exact) mass is 401 g/mol. The molecule has 0 unspecified atom stereocenters. The van der Waals surface area contributed by atoms with E-state index in [-0.39, 0.29) is 24.1 Å². The van der Waals surface area contributed by atoms with Gasteiger partial charge >= 0.3 is 5.56 Å². The maximum absolute atomic E-state index is 13.5. The van der Waals surface area contributed by atoms with Crippen LogP contribution in [-0.4, -0.2) is 44.3 Å². The van der Waals surface area contributed by atoms with E-state index in [1.165, 1.54) is 29.0 Å². The highest BCUT2D eigenvalue weighted by Crippen LogP contribution is 2.09. The van der Waals surface area contributed by atoms with Gasteiger partial charge in [-0.1, -0.05) is 6.07 Å². The molecule has 0 spiro atoms. The van der Waals surface area contributed by atoms with Crippen LogP contribution in [0.1, 0.15) is 32.5 Å². The van der Waals surface area contributed by atoms with Gasteiger partial charge in [-0.3, -0.25) is 18.6 Å². The van der Waals surface area contributed by atoms with Crippen molar-refractivity contribution in [2.45, 2.75) is 39.2 Å². The Hall–Kier alpha value is -3.07. The zero-order valence-corrected chi connectivity index (χ0v) is 16.5. The predicted octanol–water partition coefficient (Wildman–Crippen LogP) is 1.88. The van der Waals surface area contributed by atoms with Gasteiger partial charge in [0, 0.05) is 38.4 Å². The van der Waals surface area contributed by atoms with Crippen LogP contribution >= 0.6 is 0 Å². The molecule has 0 fully saturated rings. The van der Waals surface area contributed by atoms with E-state index >= 15 is 0 Å². The van der Waals surface area contributed by atoms with Crippen molar-refractivity contribution in [2.24, 2.45) is 0 Å². The lowest BCUT2D eigenvalue weighted by Gasteiger charge is -2.08. The van der Waals surface area contributed by atoms with Crippen LogP contribution in [0, 0.1) is 5.82 Å². The summed E-state index contributed by atoms with van der Waals surface area (Å²) in [7, 11) is 0. The normalized spacial score (nSPS) is 11.3. The van der Waals surface area contributed by atoms with Crippen molar-refractivity contribution in [3.63, 3.8) is 0 Å². The SMILES string of the molecule is CC(C)OCCCNC(=O)CCc1nnc2c(=O)n(-c3cccc(F)c3)ccn12. The third-order valence-corrected chi connectivity index (χ3v) is 4.30. The molecule has 0 aliphatic heterocycles. The Bertz CT molecular complexity index is 1040. The molecule has 1 N–H and O–H groups in total. The first-order valence-electron chi connectivity index (χ1n) is 9.55. The van der Waals surface area contributed by atoms with Crippen LogP contribution in [0.2, 0.25) is 0 Å². The van der Waals surface area contributed by atoms with E-state index in [2.05, 4.69) is 15.5 Å². The number of benzene rings is 1. The Morgan fingerprint density at radius 1 is 1.28 bits per heavy atom. The van der Waals surface area contributed by atoms with Crippen molar-refractivity contribution >= 4 is 11.6 Å². The molecule has 0 saturated heterocycles. The summed E-state index contributed by atoms with van der Waals surface area (Å²) in [6, 6.07) is 5.75. The van der Waals surface area contributed by atoms with E-state index < -0.39 is 11.4 Å². The maximum Gasteiger partial charge on any atom is 0.300 e. The smallest absolute Gasteiger partial charge is 0.300 e. The van der Waals surface area contributed by atoms with E-state index in [0.29, 0.717) is 31.1 Å². The number of aryl methyl sites for hydroxylation is 1. The fourth-order valence-electron chi connectivity index (χ4n) is 2.87. The third-order valence-electron chi connectivity index (χ3n) is 4.30. The first kappa shape index (κ1) is 20.7. The average Bonchev–Trinajstić information content (AvgIpc) is 3.10. The number of hydrogen-bond acceptors (Lipinski definition) is 5. The number of nitrogens with one attached hydrogen (secondary N) is 1. The van der Waals surface area contributed by atoms with Gasteiger partial charge in [-0.25, -0.2) is 4.39 Å². The minimum Gasteiger partial charge on any atom is -0.379 e. The molecule has 154 valence electrons. The zero-order chi connectivity index (χ0) is 20.8. The van der Waals surface area contributed by atoms with Gasteiger partial charge in [-0.2, -0.15) is 0 Å². The van der Waals surface area contributed by atoms with Gasteiger partial charge in [0.15, 0.2) is 0 Å². The van der Waals surface area contributed by atoms with E-state index in [4.69, 9.17) is 4.74 Å². The summed E-state index contributed by atoms with van der Waals surface area (Å²) in [6.07, 6.45) is 4.68. The Balaban J connectivity index is 1.62. The first-order valence-corrected chi connectivity index (χ1v) is 9.55. The molecular formula is C20H24FN5O3. The maximum atomic E-state index is 13.5. The second-order valence-electron chi connectivity index (χ2n) is 6.89. The van der Waals surface area contributed by atoms with Crippen LogP contribution in [-0.2, 0) is 16.0 Å². The zero-order valence-electron chi connectivity index (χ0n) is 16.5. The molecule has 0 bridgehead atoms. The van der Waals surface area contributed by atoms with Gasteiger partial charge in [0.05, 0.1) is 11.8 Å². The molecule has 0 aliphatic carbocycles. The van der Waals surface area contributed by atoms with E-state index in [9.17, 15) is 14.0 Å². The second kappa shape index (κ2) is 9.42. The number of halogens is 1. The van der Waals surface area contributed by atoms with Crippen LogP contribution < -0.4 is 10.9 Å². The van der Waals surface area contributed by atoms with Crippen LogP contribution in [0.5, 0.6) is 0 Å². The number of rotatable bonds is 9. The Morgan fingerprint density at radius 3 is 2.86 bits per heavy atom. The number of amides is 1. The number of aromatic nitrogens is 4. The summed E-state index contributed by atoms with van der Waals surface area (Å²) < 4.78 is 21.7. The summed E-state index contributed by atoms with van der Waals surface area (Å²) in [5, 5.41) is 10.8. The molecule has 2 heterocycles. The van der Waals surface area contributed by atoms with Crippen LogP contribution in [0.4, 0.5) is 4.39 Å². The number of ether oxygens (including phenoxy) is 1. The van der Waals surface area contributed by atoms with E-state index in [1.807, 2.05) is 13.8 Å². The van der Waals surface area contributed by atoms with Crippen molar-refractivity contribution in [2.75, 3.05) is 13.2 Å². The lowest BCUT2D eigenvalue weighted by Crippen LogP contribution is -2.26. The number of carbonyl (C=O) groups is 1. The largest absolute Gasteiger partial charge is 0.379 e. The molecule has 8 nitrogen and oxygen atoms in total. The van der Waals surface area contributed by atoms with E-state index in [0.717, 1.165) is 6.42 Å². The topological polar surface area (TPSA) is 90.5 Å². The van der Waals surface area contributed by atoms with Crippen molar-refractivity contribution in [1.29, 1.82) is 0 Å². The van der Waals surface area contributed by atoms with Gasteiger partial charge in [0.25, 0.3) is 0 Å².